The summed E-state index contributed by atoms with van der Waals surface area (Å²) < 4.78 is 0. The minimum Gasteiger partial charge on any atom is -0.388 e. The Bertz CT molecular complexity index is 463. The molecule has 0 saturated carbocycles. The molecule has 108 valence electrons. The summed E-state index contributed by atoms with van der Waals surface area (Å²) in [6.45, 7) is 9.97. The first-order chi connectivity index (χ1) is 8.55. The largest absolute Gasteiger partial charge is 0.388 e. The van der Waals surface area contributed by atoms with Gasteiger partial charge in [0, 0.05) is 24.0 Å². The van der Waals surface area contributed by atoms with E-state index in [9.17, 15) is 15.2 Å². The van der Waals surface area contributed by atoms with Crippen LogP contribution < -0.4 is 4.90 Å². The van der Waals surface area contributed by atoms with Gasteiger partial charge >= 0.3 is 5.69 Å². The van der Waals surface area contributed by atoms with Gasteiger partial charge in [-0.05, 0) is 19.3 Å². The second-order valence-corrected chi connectivity index (χ2v) is 6.99. The van der Waals surface area contributed by atoms with Gasteiger partial charge in [0.1, 0.15) is 0 Å². The third-order valence-corrected chi connectivity index (χ3v) is 4.86. The molecule has 19 heavy (non-hydrogen) atoms. The number of hydrogen-bond donors (Lipinski definition) is 1. The van der Waals surface area contributed by atoms with Gasteiger partial charge in [0.2, 0.25) is 0 Å². The van der Waals surface area contributed by atoms with Crippen LogP contribution in [0.15, 0.2) is 6.07 Å². The second-order valence-electron chi connectivity index (χ2n) is 5.93. The first-order valence-corrected chi connectivity index (χ1v) is 7.06. The molecule has 1 N–H and O–H groups in total. The minimum absolute atomic E-state index is 0.0115. The summed E-state index contributed by atoms with van der Waals surface area (Å²) in [6.07, 6.45) is -0.684. The van der Waals surface area contributed by atoms with Crippen LogP contribution >= 0.6 is 11.3 Å². The lowest BCUT2D eigenvalue weighted by Gasteiger charge is -2.35. The van der Waals surface area contributed by atoms with Crippen LogP contribution in [0.2, 0.25) is 0 Å². The van der Waals surface area contributed by atoms with E-state index in [1.54, 1.807) is 6.92 Å². The summed E-state index contributed by atoms with van der Waals surface area (Å²) in [5.74, 6) is 0. The lowest BCUT2D eigenvalue weighted by molar-refractivity contribution is -0.383. The maximum atomic E-state index is 11.1. The molecule has 0 aliphatic rings. The molecule has 0 aliphatic carbocycles. The predicted octanol–water partition coefficient (Wildman–Crippen LogP) is 3.58. The monoisotopic (exact) mass is 286 g/mol. The van der Waals surface area contributed by atoms with Crippen LogP contribution in [0, 0.1) is 15.5 Å². The van der Waals surface area contributed by atoms with E-state index in [-0.39, 0.29) is 22.1 Å². The van der Waals surface area contributed by atoms with Gasteiger partial charge in [-0.2, -0.15) is 0 Å². The first-order valence-electron chi connectivity index (χ1n) is 6.24. The van der Waals surface area contributed by atoms with Gasteiger partial charge in [-0.15, -0.1) is 11.3 Å². The molecule has 5 nitrogen and oxygen atoms in total. The summed E-state index contributed by atoms with van der Waals surface area (Å²) in [7, 11) is 1.86. The average Bonchev–Trinajstić information content (AvgIpc) is 2.70. The topological polar surface area (TPSA) is 66.6 Å². The van der Waals surface area contributed by atoms with Crippen molar-refractivity contribution in [1.82, 2.24) is 0 Å². The van der Waals surface area contributed by atoms with Gasteiger partial charge in [-0.1, -0.05) is 20.8 Å². The van der Waals surface area contributed by atoms with Gasteiger partial charge in [0.25, 0.3) is 0 Å². The standard InChI is InChI=1S/C13H22N2O3S/c1-8(16)11-7-10(15(17)18)12(19-11)14(6)9(2)13(3,4)5/h7-9,16H,1-6H3/t8-,9?/m1/s1. The van der Waals surface area contributed by atoms with Crippen LogP contribution in [-0.4, -0.2) is 23.1 Å². The van der Waals surface area contributed by atoms with Crippen LogP contribution in [-0.2, 0) is 0 Å². The smallest absolute Gasteiger partial charge is 0.304 e. The molecule has 0 saturated heterocycles. The molecule has 0 aromatic carbocycles. The number of nitrogens with zero attached hydrogens (tertiary/aromatic N) is 2. The summed E-state index contributed by atoms with van der Waals surface area (Å²) >= 11 is 1.28. The van der Waals surface area contributed by atoms with Crippen molar-refractivity contribution >= 4 is 22.0 Å². The molecule has 1 heterocycles. The molecule has 1 rings (SSSR count). The maximum Gasteiger partial charge on any atom is 0.304 e. The number of thiophene rings is 1. The molecular weight excluding hydrogens is 264 g/mol. The van der Waals surface area contributed by atoms with Gasteiger partial charge in [0.15, 0.2) is 5.00 Å². The van der Waals surface area contributed by atoms with Crippen molar-refractivity contribution in [2.75, 3.05) is 11.9 Å². The summed E-state index contributed by atoms with van der Waals surface area (Å²) in [4.78, 5) is 13.3. The van der Waals surface area contributed by atoms with Crippen LogP contribution in [0.1, 0.15) is 45.6 Å². The number of rotatable bonds is 4. The van der Waals surface area contributed by atoms with Crippen LogP contribution in [0.5, 0.6) is 0 Å². The van der Waals surface area contributed by atoms with E-state index >= 15 is 0 Å². The Labute approximate surface area is 118 Å². The molecule has 2 atom stereocenters. The fraction of sp³-hybridized carbons (Fsp3) is 0.692. The van der Waals surface area contributed by atoms with Crippen LogP contribution in [0.3, 0.4) is 0 Å². The van der Waals surface area contributed by atoms with Crippen LogP contribution in [0.4, 0.5) is 10.7 Å². The minimum atomic E-state index is -0.684. The fourth-order valence-electron chi connectivity index (χ4n) is 1.74. The lowest BCUT2D eigenvalue weighted by atomic mass is 9.87. The molecule has 0 bridgehead atoms. The molecule has 1 aromatic heterocycles. The Balaban J connectivity index is 3.21. The SMILES string of the molecule is CC(N(C)c1sc([C@@H](C)O)cc1[N+](=O)[O-])C(C)(C)C. The Morgan fingerprint density at radius 3 is 2.32 bits per heavy atom. The van der Waals surface area contributed by atoms with E-state index in [4.69, 9.17) is 0 Å². The number of anilines is 1. The van der Waals surface area contributed by atoms with E-state index in [0.717, 1.165) is 0 Å². The van der Waals surface area contributed by atoms with E-state index in [1.807, 2.05) is 18.9 Å². The first kappa shape index (κ1) is 15.9. The maximum absolute atomic E-state index is 11.1. The van der Waals surface area contributed by atoms with Crippen molar-refractivity contribution in [2.45, 2.75) is 46.8 Å². The van der Waals surface area contributed by atoms with Gasteiger partial charge < -0.3 is 10.0 Å². The molecule has 1 aromatic rings. The van der Waals surface area contributed by atoms with Crippen molar-refractivity contribution in [2.24, 2.45) is 5.41 Å². The van der Waals surface area contributed by atoms with E-state index in [0.29, 0.717) is 9.88 Å². The Hall–Kier alpha value is -1.14. The van der Waals surface area contributed by atoms with Crippen molar-refractivity contribution < 1.29 is 10.0 Å². The van der Waals surface area contributed by atoms with Crippen molar-refractivity contribution in [3.05, 3.63) is 21.1 Å². The molecule has 0 radical (unpaired) electrons. The quantitative estimate of drug-likeness (QED) is 0.678. The lowest BCUT2D eigenvalue weighted by Crippen LogP contribution is -2.39. The molecule has 0 fully saturated rings. The van der Waals surface area contributed by atoms with Gasteiger partial charge in [0.05, 0.1) is 11.0 Å². The molecular formula is C13H22N2O3S. The third kappa shape index (κ3) is 3.45. The summed E-state index contributed by atoms with van der Waals surface area (Å²) in [5.41, 5.74) is 0.0805. The van der Waals surface area contributed by atoms with Crippen LogP contribution in [0.25, 0.3) is 0 Å². The van der Waals surface area contributed by atoms with E-state index in [1.165, 1.54) is 17.4 Å². The van der Waals surface area contributed by atoms with Crippen molar-refractivity contribution in [3.63, 3.8) is 0 Å². The summed E-state index contributed by atoms with van der Waals surface area (Å²) in [6, 6.07) is 1.61. The highest BCUT2D eigenvalue weighted by atomic mass is 32.1. The zero-order chi connectivity index (χ0) is 15.0. The average molecular weight is 286 g/mol. The number of aliphatic hydroxyl groups is 1. The zero-order valence-corrected chi connectivity index (χ0v) is 13.1. The van der Waals surface area contributed by atoms with Crippen molar-refractivity contribution in [3.8, 4) is 0 Å². The highest BCUT2D eigenvalue weighted by Gasteiger charge is 2.30. The molecule has 0 amide bonds. The van der Waals surface area contributed by atoms with Gasteiger partial charge in [-0.25, -0.2) is 0 Å². The molecule has 1 unspecified atom stereocenters. The number of aliphatic hydroxyl groups excluding tert-OH is 1. The van der Waals surface area contributed by atoms with Crippen molar-refractivity contribution in [1.29, 1.82) is 0 Å². The number of nitro groups is 1. The third-order valence-electron chi connectivity index (χ3n) is 3.48. The Morgan fingerprint density at radius 1 is 1.42 bits per heavy atom. The second kappa shape index (κ2) is 5.46. The predicted molar refractivity (Wildman–Crippen MR) is 78.9 cm³/mol. The van der Waals surface area contributed by atoms with E-state index < -0.39 is 6.10 Å². The molecule has 6 heteroatoms. The zero-order valence-electron chi connectivity index (χ0n) is 12.3. The Morgan fingerprint density at radius 2 is 1.95 bits per heavy atom. The number of hydrogen-bond acceptors (Lipinski definition) is 5. The Kier molecular flexibility index (Phi) is 4.58. The van der Waals surface area contributed by atoms with E-state index in [2.05, 4.69) is 20.8 Å². The van der Waals surface area contributed by atoms with Gasteiger partial charge in [-0.3, -0.25) is 10.1 Å². The summed E-state index contributed by atoms with van der Waals surface area (Å²) in [5, 5.41) is 21.3. The molecule has 0 aliphatic heterocycles. The highest BCUT2D eigenvalue weighted by Crippen LogP contribution is 2.42. The fourth-order valence-corrected chi connectivity index (χ4v) is 2.84. The molecule has 0 spiro atoms. The normalized spacial score (nSPS) is 15.1. The highest BCUT2D eigenvalue weighted by molar-refractivity contribution is 7.16.